The molecule has 0 amide bonds. The molecule has 72 valence electrons. The summed E-state index contributed by atoms with van der Waals surface area (Å²) in [5.41, 5.74) is 0.903. The second kappa shape index (κ2) is 4.04. The van der Waals surface area contributed by atoms with Crippen LogP contribution in [-0.2, 0) is 11.3 Å². The fraction of sp³-hybridized carbons (Fsp3) is 0.500. The lowest BCUT2D eigenvalue weighted by Crippen LogP contribution is -2.08. The van der Waals surface area contributed by atoms with Crippen LogP contribution in [0.2, 0.25) is 0 Å². The number of hydrogen-bond donors (Lipinski definition) is 1. The third-order valence-electron chi connectivity index (χ3n) is 1.84. The third kappa shape index (κ3) is 2.06. The summed E-state index contributed by atoms with van der Waals surface area (Å²) < 4.78 is 6.48. The molecule has 0 spiro atoms. The van der Waals surface area contributed by atoms with Gasteiger partial charge in [0.25, 0.3) is 0 Å². The molecule has 1 heterocycles. The van der Waals surface area contributed by atoms with E-state index in [1.807, 2.05) is 0 Å². The van der Waals surface area contributed by atoms with Crippen molar-refractivity contribution >= 4 is 5.97 Å². The molecule has 0 aliphatic carbocycles. The van der Waals surface area contributed by atoms with Gasteiger partial charge in [-0.3, -0.25) is 4.68 Å². The maximum Gasteiger partial charge on any atom is 0.339 e. The summed E-state index contributed by atoms with van der Waals surface area (Å²) in [7, 11) is 1.59. The van der Waals surface area contributed by atoms with Gasteiger partial charge in [-0.1, -0.05) is 0 Å². The maximum atomic E-state index is 10.6. The average Bonchev–Trinajstić information content (AvgIpc) is 2.43. The Kier molecular flexibility index (Phi) is 3.02. The number of carboxylic acids is 1. The fourth-order valence-corrected chi connectivity index (χ4v) is 1.06. The summed E-state index contributed by atoms with van der Waals surface area (Å²) in [6.45, 7) is 2.84. The minimum Gasteiger partial charge on any atom is -0.478 e. The van der Waals surface area contributed by atoms with Gasteiger partial charge in [0, 0.05) is 12.8 Å². The predicted octanol–water partition coefficient (Wildman–Crippen LogP) is 0.536. The summed E-state index contributed by atoms with van der Waals surface area (Å²) in [5.74, 6) is -0.943. The van der Waals surface area contributed by atoms with Gasteiger partial charge in [-0.05, 0) is 6.92 Å². The maximum absolute atomic E-state index is 10.6. The van der Waals surface area contributed by atoms with E-state index in [4.69, 9.17) is 9.84 Å². The second-order valence-electron chi connectivity index (χ2n) is 2.66. The minimum absolute atomic E-state index is 0.246. The van der Waals surface area contributed by atoms with Crippen molar-refractivity contribution in [1.29, 1.82) is 0 Å². The Morgan fingerprint density at radius 2 is 2.46 bits per heavy atom. The van der Waals surface area contributed by atoms with Gasteiger partial charge in [0.2, 0.25) is 0 Å². The van der Waals surface area contributed by atoms with E-state index in [0.29, 0.717) is 18.8 Å². The lowest BCUT2D eigenvalue weighted by atomic mass is 10.3. The summed E-state index contributed by atoms with van der Waals surface area (Å²) >= 11 is 0. The Balaban J connectivity index is 2.80. The normalized spacial score (nSPS) is 10.3. The number of hydrogen-bond acceptors (Lipinski definition) is 3. The molecule has 1 aromatic rings. The van der Waals surface area contributed by atoms with E-state index in [2.05, 4.69) is 5.10 Å². The van der Waals surface area contributed by atoms with Crippen LogP contribution in [0, 0.1) is 6.92 Å². The van der Waals surface area contributed by atoms with Crippen LogP contribution in [0.15, 0.2) is 6.20 Å². The van der Waals surface area contributed by atoms with Gasteiger partial charge in [-0.25, -0.2) is 4.79 Å². The van der Waals surface area contributed by atoms with Gasteiger partial charge in [0.05, 0.1) is 19.3 Å². The molecular weight excluding hydrogens is 172 g/mol. The molecule has 0 saturated heterocycles. The van der Waals surface area contributed by atoms with Crippen molar-refractivity contribution in [3.05, 3.63) is 17.5 Å². The van der Waals surface area contributed by atoms with Gasteiger partial charge < -0.3 is 9.84 Å². The van der Waals surface area contributed by atoms with Crippen molar-refractivity contribution in [2.75, 3.05) is 13.7 Å². The molecule has 0 bridgehead atoms. The molecule has 1 rings (SSSR count). The molecule has 0 unspecified atom stereocenters. The molecular formula is C8H12N2O3. The number of aromatic nitrogens is 2. The molecule has 5 nitrogen and oxygen atoms in total. The molecule has 0 aromatic carbocycles. The summed E-state index contributed by atoms with van der Waals surface area (Å²) in [5, 5.41) is 12.7. The number of carboxylic acid groups (broad SMARTS) is 1. The first-order valence-electron chi connectivity index (χ1n) is 3.91. The highest BCUT2D eigenvalue weighted by molar-refractivity contribution is 5.88. The van der Waals surface area contributed by atoms with E-state index >= 15 is 0 Å². The van der Waals surface area contributed by atoms with Gasteiger partial charge in [-0.15, -0.1) is 0 Å². The lowest BCUT2D eigenvalue weighted by Gasteiger charge is -2.02. The number of carbonyl (C=O) groups is 1. The highest BCUT2D eigenvalue weighted by Gasteiger charge is 2.11. The van der Waals surface area contributed by atoms with E-state index in [1.165, 1.54) is 6.20 Å². The monoisotopic (exact) mass is 184 g/mol. The Morgan fingerprint density at radius 3 is 2.92 bits per heavy atom. The van der Waals surface area contributed by atoms with E-state index < -0.39 is 5.97 Å². The first-order valence-corrected chi connectivity index (χ1v) is 3.91. The van der Waals surface area contributed by atoms with Crippen molar-refractivity contribution in [2.45, 2.75) is 13.5 Å². The molecule has 1 aromatic heterocycles. The van der Waals surface area contributed by atoms with E-state index in [1.54, 1.807) is 18.7 Å². The molecule has 0 aliphatic heterocycles. The van der Waals surface area contributed by atoms with Crippen LogP contribution in [0.1, 0.15) is 16.1 Å². The van der Waals surface area contributed by atoms with Crippen molar-refractivity contribution in [3.8, 4) is 0 Å². The van der Waals surface area contributed by atoms with Crippen LogP contribution in [0.4, 0.5) is 0 Å². The largest absolute Gasteiger partial charge is 0.478 e. The quantitative estimate of drug-likeness (QED) is 0.741. The summed E-state index contributed by atoms with van der Waals surface area (Å²) in [4.78, 5) is 10.6. The zero-order chi connectivity index (χ0) is 9.84. The smallest absolute Gasteiger partial charge is 0.339 e. The molecule has 5 heteroatoms. The number of rotatable bonds is 4. The highest BCUT2D eigenvalue weighted by Crippen LogP contribution is 2.06. The van der Waals surface area contributed by atoms with Crippen LogP contribution < -0.4 is 0 Å². The first-order chi connectivity index (χ1) is 6.16. The van der Waals surface area contributed by atoms with Crippen molar-refractivity contribution in [1.82, 2.24) is 9.78 Å². The van der Waals surface area contributed by atoms with Gasteiger partial charge in [0.1, 0.15) is 5.56 Å². The van der Waals surface area contributed by atoms with Crippen LogP contribution in [0.5, 0.6) is 0 Å². The van der Waals surface area contributed by atoms with Crippen molar-refractivity contribution < 1.29 is 14.6 Å². The van der Waals surface area contributed by atoms with Crippen molar-refractivity contribution in [3.63, 3.8) is 0 Å². The Labute approximate surface area is 75.9 Å². The van der Waals surface area contributed by atoms with Crippen LogP contribution in [0.3, 0.4) is 0 Å². The van der Waals surface area contributed by atoms with E-state index in [9.17, 15) is 4.79 Å². The summed E-state index contributed by atoms with van der Waals surface area (Å²) in [6.07, 6.45) is 1.35. The van der Waals surface area contributed by atoms with E-state index in [0.717, 1.165) is 0 Å². The van der Waals surface area contributed by atoms with Crippen LogP contribution in [-0.4, -0.2) is 34.6 Å². The summed E-state index contributed by atoms with van der Waals surface area (Å²) in [6, 6.07) is 0. The Bertz CT molecular complexity index is 306. The molecule has 13 heavy (non-hydrogen) atoms. The third-order valence-corrected chi connectivity index (χ3v) is 1.84. The molecule has 0 atom stereocenters. The second-order valence-corrected chi connectivity index (χ2v) is 2.66. The molecule has 0 radical (unpaired) electrons. The van der Waals surface area contributed by atoms with Crippen LogP contribution in [0.25, 0.3) is 0 Å². The van der Waals surface area contributed by atoms with Gasteiger partial charge >= 0.3 is 5.97 Å². The topological polar surface area (TPSA) is 64.4 Å². The standard InChI is InChI=1S/C8H12N2O3/c1-6-7(8(11)12)5-9-10(6)3-4-13-2/h5H,3-4H2,1-2H3,(H,11,12). The number of methoxy groups -OCH3 is 1. The lowest BCUT2D eigenvalue weighted by molar-refractivity contribution is 0.0696. The average molecular weight is 184 g/mol. The van der Waals surface area contributed by atoms with Crippen LogP contribution >= 0.6 is 0 Å². The van der Waals surface area contributed by atoms with Gasteiger partial charge in [0.15, 0.2) is 0 Å². The Morgan fingerprint density at radius 1 is 1.77 bits per heavy atom. The zero-order valence-electron chi connectivity index (χ0n) is 7.65. The number of aromatic carboxylic acids is 1. The predicted molar refractivity (Wildman–Crippen MR) is 45.8 cm³/mol. The van der Waals surface area contributed by atoms with E-state index in [-0.39, 0.29) is 5.56 Å². The SMILES string of the molecule is COCCn1ncc(C(=O)O)c1C. The molecule has 0 aliphatic rings. The minimum atomic E-state index is -0.943. The molecule has 0 fully saturated rings. The van der Waals surface area contributed by atoms with Crippen molar-refractivity contribution in [2.24, 2.45) is 0 Å². The fourth-order valence-electron chi connectivity index (χ4n) is 1.06. The highest BCUT2D eigenvalue weighted by atomic mass is 16.5. The zero-order valence-corrected chi connectivity index (χ0v) is 7.65. The first kappa shape index (κ1) is 9.73. The number of nitrogens with zero attached hydrogens (tertiary/aromatic N) is 2. The molecule has 0 saturated carbocycles. The molecule has 1 N–H and O–H groups in total. The van der Waals surface area contributed by atoms with Gasteiger partial charge in [-0.2, -0.15) is 5.10 Å². The number of ether oxygens (including phenoxy) is 1. The Hall–Kier alpha value is -1.36.